The topological polar surface area (TPSA) is 61.9 Å². The third kappa shape index (κ3) is 5.58. The van der Waals surface area contributed by atoms with Crippen LogP contribution in [-0.2, 0) is 11.2 Å². The minimum atomic E-state index is -0.189. The Balaban J connectivity index is 1.77. The molecule has 2 atom stereocenters. The normalized spacial score (nSPS) is 16.4. The van der Waals surface area contributed by atoms with Crippen LogP contribution in [0.25, 0.3) is 0 Å². The fourth-order valence-electron chi connectivity index (χ4n) is 3.82. The van der Waals surface area contributed by atoms with Gasteiger partial charge in [-0.05, 0) is 62.8 Å². The van der Waals surface area contributed by atoms with Crippen molar-refractivity contribution in [1.82, 2.24) is 15.1 Å². The number of benzene rings is 1. The smallest absolute Gasteiger partial charge is 0.318 e. The van der Waals surface area contributed by atoms with E-state index in [1.54, 1.807) is 16.2 Å². The number of aryl methyl sites for hydroxylation is 1. The monoisotopic (exact) mass is 443 g/mol. The van der Waals surface area contributed by atoms with Crippen molar-refractivity contribution in [1.29, 1.82) is 0 Å². The van der Waals surface area contributed by atoms with Crippen LogP contribution in [0.1, 0.15) is 49.2 Å². The van der Waals surface area contributed by atoms with Gasteiger partial charge in [0.2, 0.25) is 5.91 Å². The summed E-state index contributed by atoms with van der Waals surface area (Å²) in [5.74, 6) is 0.754. The maximum Gasteiger partial charge on any atom is 0.318 e. The van der Waals surface area contributed by atoms with Gasteiger partial charge in [-0.3, -0.25) is 4.79 Å². The van der Waals surface area contributed by atoms with Crippen LogP contribution in [0.2, 0.25) is 0 Å². The lowest BCUT2D eigenvalue weighted by atomic mass is 10.00. The van der Waals surface area contributed by atoms with Crippen molar-refractivity contribution in [3.63, 3.8) is 0 Å². The zero-order valence-corrected chi connectivity index (χ0v) is 19.7. The highest BCUT2D eigenvalue weighted by atomic mass is 32.1. The molecule has 0 saturated carbocycles. The maximum atomic E-state index is 13.4. The molecule has 0 aliphatic carbocycles. The molecule has 1 aliphatic rings. The number of hydrogen-bond acceptors (Lipinski definition) is 4. The summed E-state index contributed by atoms with van der Waals surface area (Å²) in [5.41, 5.74) is 2.34. The number of urea groups is 1. The molecule has 3 amide bonds. The number of rotatable bonds is 8. The van der Waals surface area contributed by atoms with Crippen LogP contribution in [0.4, 0.5) is 4.79 Å². The Morgan fingerprint density at radius 2 is 2.00 bits per heavy atom. The molecular weight excluding hydrogens is 410 g/mol. The van der Waals surface area contributed by atoms with E-state index in [-0.39, 0.29) is 30.6 Å². The van der Waals surface area contributed by atoms with E-state index in [4.69, 9.17) is 4.74 Å². The first-order valence-corrected chi connectivity index (χ1v) is 11.9. The molecule has 1 N–H and O–H groups in total. The fraction of sp³-hybridized carbons (Fsp3) is 0.500. The van der Waals surface area contributed by atoms with Gasteiger partial charge in [0.15, 0.2) is 0 Å². The molecule has 6 nitrogen and oxygen atoms in total. The van der Waals surface area contributed by atoms with Crippen molar-refractivity contribution < 1.29 is 14.3 Å². The molecule has 1 aliphatic heterocycles. The summed E-state index contributed by atoms with van der Waals surface area (Å²) in [5, 5.41) is 4.92. The second kappa shape index (κ2) is 10.7. The van der Waals surface area contributed by atoms with Crippen molar-refractivity contribution in [3.05, 3.63) is 51.7 Å². The first-order valence-electron chi connectivity index (χ1n) is 11.0. The van der Waals surface area contributed by atoms with Gasteiger partial charge >= 0.3 is 6.03 Å². The highest BCUT2D eigenvalue weighted by Gasteiger charge is 2.34. The van der Waals surface area contributed by atoms with Gasteiger partial charge in [0, 0.05) is 24.0 Å². The van der Waals surface area contributed by atoms with Crippen molar-refractivity contribution >= 4 is 23.3 Å². The van der Waals surface area contributed by atoms with Gasteiger partial charge in [0.25, 0.3) is 0 Å². The molecule has 0 fully saturated rings. The molecule has 31 heavy (non-hydrogen) atoms. The average molecular weight is 444 g/mol. The number of nitrogens with one attached hydrogen (secondary N) is 1. The summed E-state index contributed by atoms with van der Waals surface area (Å²) in [6, 6.07) is 9.69. The van der Waals surface area contributed by atoms with E-state index in [0.29, 0.717) is 19.7 Å². The zero-order valence-electron chi connectivity index (χ0n) is 18.9. The molecule has 0 unspecified atom stereocenters. The van der Waals surface area contributed by atoms with E-state index in [1.807, 2.05) is 56.9 Å². The van der Waals surface area contributed by atoms with Crippen molar-refractivity contribution in [2.45, 2.75) is 52.6 Å². The Hall–Kier alpha value is -2.54. The number of hydrogen-bond donors (Lipinski definition) is 1. The minimum Gasteiger partial charge on any atom is -0.491 e. The molecule has 2 heterocycles. The Labute approximate surface area is 189 Å². The van der Waals surface area contributed by atoms with Crippen LogP contribution in [0.15, 0.2) is 35.7 Å². The summed E-state index contributed by atoms with van der Waals surface area (Å²) < 4.78 is 6.08. The number of carbonyl (C=O) groups is 2. The quantitative estimate of drug-likeness (QED) is 0.658. The molecule has 3 rings (SSSR count). The number of carbonyl (C=O) groups excluding carboxylic acids is 2. The lowest BCUT2D eigenvalue weighted by Crippen LogP contribution is -2.52. The maximum absolute atomic E-state index is 13.4. The van der Waals surface area contributed by atoms with E-state index >= 15 is 0 Å². The Morgan fingerprint density at radius 3 is 2.68 bits per heavy atom. The van der Waals surface area contributed by atoms with Crippen LogP contribution >= 0.6 is 11.3 Å². The van der Waals surface area contributed by atoms with E-state index in [0.717, 1.165) is 24.2 Å². The van der Waals surface area contributed by atoms with Crippen LogP contribution < -0.4 is 10.1 Å². The highest BCUT2D eigenvalue weighted by molar-refractivity contribution is 7.10. The van der Waals surface area contributed by atoms with Crippen molar-refractivity contribution in [2.24, 2.45) is 0 Å². The Kier molecular flexibility index (Phi) is 7.96. The molecule has 0 saturated heterocycles. The minimum absolute atomic E-state index is 0.0146. The number of amides is 3. The molecule has 2 aromatic rings. The summed E-state index contributed by atoms with van der Waals surface area (Å²) in [6.45, 7) is 9.57. The van der Waals surface area contributed by atoms with Gasteiger partial charge in [-0.2, -0.15) is 0 Å². The average Bonchev–Trinajstić information content (AvgIpc) is 3.25. The predicted molar refractivity (Wildman–Crippen MR) is 125 cm³/mol. The standard InChI is InChI=1S/C24H33N3O3S/c1-5-18(4)27(24(29)25-6-2)15-23(28)26-13-11-22-20(12-14-31-22)21(26)16-30-19-9-7-17(3)8-10-19/h7-10,12,14,18,21H,5-6,11,13,15-16H2,1-4H3,(H,25,29)/t18-,21+/m0/s1. The lowest BCUT2D eigenvalue weighted by Gasteiger charge is -2.38. The summed E-state index contributed by atoms with van der Waals surface area (Å²) >= 11 is 1.73. The van der Waals surface area contributed by atoms with Crippen molar-refractivity contribution in [2.75, 3.05) is 26.2 Å². The molecular formula is C24H33N3O3S. The van der Waals surface area contributed by atoms with Gasteiger partial charge in [-0.15, -0.1) is 11.3 Å². The predicted octanol–water partition coefficient (Wildman–Crippen LogP) is 4.39. The largest absolute Gasteiger partial charge is 0.491 e. The number of fused-ring (bicyclic) bond motifs is 1. The van der Waals surface area contributed by atoms with Gasteiger partial charge in [0.05, 0.1) is 6.04 Å². The van der Waals surface area contributed by atoms with Crippen LogP contribution in [0.3, 0.4) is 0 Å². The fourth-order valence-corrected chi connectivity index (χ4v) is 4.75. The van der Waals surface area contributed by atoms with Gasteiger partial charge < -0.3 is 19.9 Å². The SMILES string of the molecule is CCNC(=O)N(CC(=O)N1CCc2sccc2[C@H]1COc1ccc(C)cc1)[C@@H](C)CC. The first kappa shape index (κ1) is 23.1. The van der Waals surface area contributed by atoms with Gasteiger partial charge in [0.1, 0.15) is 18.9 Å². The Morgan fingerprint density at radius 1 is 1.26 bits per heavy atom. The number of nitrogens with zero attached hydrogens (tertiary/aromatic N) is 2. The lowest BCUT2D eigenvalue weighted by molar-refractivity contribution is -0.135. The van der Waals surface area contributed by atoms with Gasteiger partial charge in [-0.1, -0.05) is 24.6 Å². The molecule has 1 aromatic carbocycles. The molecule has 168 valence electrons. The van der Waals surface area contributed by atoms with Crippen LogP contribution in [0.5, 0.6) is 5.75 Å². The van der Waals surface area contributed by atoms with E-state index in [1.165, 1.54) is 10.4 Å². The van der Waals surface area contributed by atoms with Gasteiger partial charge in [-0.25, -0.2) is 4.79 Å². The van der Waals surface area contributed by atoms with E-state index in [2.05, 4.69) is 16.8 Å². The summed E-state index contributed by atoms with van der Waals surface area (Å²) in [4.78, 5) is 30.8. The second-order valence-corrected chi connectivity index (χ2v) is 9.00. The van der Waals surface area contributed by atoms with E-state index in [9.17, 15) is 9.59 Å². The zero-order chi connectivity index (χ0) is 22.4. The molecule has 0 spiro atoms. The summed E-state index contributed by atoms with van der Waals surface area (Å²) in [6.07, 6.45) is 1.63. The number of ether oxygens (including phenoxy) is 1. The molecule has 7 heteroatoms. The first-order chi connectivity index (χ1) is 14.9. The van der Waals surface area contributed by atoms with Crippen LogP contribution in [-0.4, -0.2) is 54.0 Å². The second-order valence-electron chi connectivity index (χ2n) is 8.00. The molecule has 0 bridgehead atoms. The van der Waals surface area contributed by atoms with Crippen LogP contribution in [0, 0.1) is 6.92 Å². The molecule has 1 aromatic heterocycles. The van der Waals surface area contributed by atoms with E-state index < -0.39 is 0 Å². The highest BCUT2D eigenvalue weighted by Crippen LogP contribution is 2.34. The molecule has 0 radical (unpaired) electrons. The van der Waals surface area contributed by atoms with Crippen molar-refractivity contribution in [3.8, 4) is 5.75 Å². The summed E-state index contributed by atoms with van der Waals surface area (Å²) in [7, 11) is 0. The third-order valence-electron chi connectivity index (χ3n) is 5.86. The third-order valence-corrected chi connectivity index (χ3v) is 6.86. The number of thiophene rings is 1. The Bertz CT molecular complexity index is 880.